The Morgan fingerprint density at radius 1 is 1.23 bits per heavy atom. The van der Waals surface area contributed by atoms with Gasteiger partial charge in [0.1, 0.15) is 5.75 Å². The molecule has 5 heteroatoms. The van der Waals surface area contributed by atoms with E-state index in [9.17, 15) is 0 Å². The van der Waals surface area contributed by atoms with Gasteiger partial charge in [-0.2, -0.15) is 0 Å². The van der Waals surface area contributed by atoms with E-state index >= 15 is 0 Å². The molecule has 0 saturated carbocycles. The topological polar surface area (TPSA) is 56.3 Å². The fourth-order valence-corrected chi connectivity index (χ4v) is 2.64. The molecule has 0 spiro atoms. The van der Waals surface area contributed by atoms with Crippen molar-refractivity contribution >= 4 is 0 Å². The summed E-state index contributed by atoms with van der Waals surface area (Å²) in [7, 11) is 1.65. The lowest BCUT2D eigenvalue weighted by Crippen LogP contribution is -2.33. The number of hydrogen-bond donors (Lipinski definition) is 1. The Bertz CT molecular complexity index is 595. The molecule has 0 aliphatic carbocycles. The van der Waals surface area contributed by atoms with E-state index in [2.05, 4.69) is 15.3 Å². The lowest BCUT2D eigenvalue weighted by molar-refractivity contribution is 0.217. The number of methoxy groups -OCH3 is 1. The van der Waals surface area contributed by atoms with Crippen LogP contribution in [0.2, 0.25) is 0 Å². The lowest BCUT2D eigenvalue weighted by atomic mass is 10.0. The van der Waals surface area contributed by atoms with Gasteiger partial charge in [0.05, 0.1) is 31.7 Å². The first-order chi connectivity index (χ1) is 10.9. The third-order valence-corrected chi connectivity index (χ3v) is 3.86. The Morgan fingerprint density at radius 3 is 2.77 bits per heavy atom. The van der Waals surface area contributed by atoms with Gasteiger partial charge < -0.3 is 14.8 Å². The quantitative estimate of drug-likeness (QED) is 0.919. The third-order valence-electron chi connectivity index (χ3n) is 3.86. The van der Waals surface area contributed by atoms with Crippen molar-refractivity contribution in [1.29, 1.82) is 0 Å². The highest BCUT2D eigenvalue weighted by atomic mass is 16.5. The number of piperidine rings is 1. The molecular formula is C17H21N3O2. The van der Waals surface area contributed by atoms with E-state index in [-0.39, 0.29) is 0 Å². The molecule has 1 aliphatic heterocycles. The van der Waals surface area contributed by atoms with Gasteiger partial charge in [-0.25, -0.2) is 9.97 Å². The molecular weight excluding hydrogens is 278 g/mol. The van der Waals surface area contributed by atoms with Crippen LogP contribution < -0.4 is 14.8 Å². The van der Waals surface area contributed by atoms with Crippen LogP contribution in [-0.2, 0) is 0 Å². The monoisotopic (exact) mass is 299 g/mol. The minimum atomic E-state index is 0.572. The molecule has 2 heterocycles. The second-order valence-corrected chi connectivity index (χ2v) is 5.47. The molecule has 1 aromatic heterocycles. The van der Waals surface area contributed by atoms with Gasteiger partial charge in [-0.3, -0.25) is 0 Å². The van der Waals surface area contributed by atoms with Crippen LogP contribution in [0.3, 0.4) is 0 Å². The van der Waals surface area contributed by atoms with E-state index in [1.165, 1.54) is 12.8 Å². The van der Waals surface area contributed by atoms with Crippen LogP contribution in [0, 0.1) is 5.92 Å². The van der Waals surface area contributed by atoms with Gasteiger partial charge in [0.2, 0.25) is 0 Å². The predicted molar refractivity (Wildman–Crippen MR) is 85.1 cm³/mol. The highest BCUT2D eigenvalue weighted by Gasteiger charge is 2.14. The van der Waals surface area contributed by atoms with Crippen LogP contribution in [0.5, 0.6) is 11.5 Å². The summed E-state index contributed by atoms with van der Waals surface area (Å²) in [5.41, 5.74) is 0.882. The molecule has 2 aromatic rings. The van der Waals surface area contributed by atoms with Crippen molar-refractivity contribution < 1.29 is 9.47 Å². The number of benzene rings is 1. The first-order valence-corrected chi connectivity index (χ1v) is 7.66. The average Bonchev–Trinajstić information content (AvgIpc) is 2.61. The molecule has 3 rings (SSSR count). The standard InChI is InChI=1S/C17H21N3O2/c1-21-16-7-3-2-6-15(16)17-19-10-14(11-20-17)22-12-13-5-4-8-18-9-13/h2-3,6-7,10-11,13,18H,4-5,8-9,12H2,1H3. The van der Waals surface area contributed by atoms with Gasteiger partial charge in [-0.15, -0.1) is 0 Å². The Labute approximate surface area is 130 Å². The van der Waals surface area contributed by atoms with Crippen LogP contribution in [0.15, 0.2) is 36.7 Å². The number of nitrogens with one attached hydrogen (secondary N) is 1. The molecule has 5 nitrogen and oxygen atoms in total. The van der Waals surface area contributed by atoms with E-state index in [4.69, 9.17) is 9.47 Å². The maximum absolute atomic E-state index is 5.80. The molecule has 0 amide bonds. The van der Waals surface area contributed by atoms with Crippen LogP contribution in [0.4, 0.5) is 0 Å². The molecule has 1 unspecified atom stereocenters. The first kappa shape index (κ1) is 14.8. The highest BCUT2D eigenvalue weighted by Crippen LogP contribution is 2.27. The molecule has 1 aliphatic rings. The maximum Gasteiger partial charge on any atom is 0.163 e. The molecule has 1 fully saturated rings. The van der Waals surface area contributed by atoms with E-state index in [1.807, 2.05) is 24.3 Å². The van der Waals surface area contributed by atoms with E-state index in [0.717, 1.165) is 24.4 Å². The summed E-state index contributed by atoms with van der Waals surface area (Å²) in [6.07, 6.45) is 5.89. The van der Waals surface area contributed by atoms with Gasteiger partial charge in [-0.1, -0.05) is 12.1 Å². The zero-order chi connectivity index (χ0) is 15.2. The smallest absolute Gasteiger partial charge is 0.163 e. The summed E-state index contributed by atoms with van der Waals surface area (Å²) in [6.45, 7) is 2.86. The summed E-state index contributed by atoms with van der Waals surface area (Å²) >= 11 is 0. The Kier molecular flexibility index (Phi) is 4.85. The summed E-state index contributed by atoms with van der Waals surface area (Å²) in [5, 5.41) is 3.39. The van der Waals surface area contributed by atoms with Crippen molar-refractivity contribution in [3.63, 3.8) is 0 Å². The predicted octanol–water partition coefficient (Wildman–Crippen LogP) is 2.53. The van der Waals surface area contributed by atoms with Crippen LogP contribution in [0.25, 0.3) is 11.4 Å². The summed E-state index contributed by atoms with van der Waals surface area (Å²) in [4.78, 5) is 8.78. The van der Waals surface area contributed by atoms with Crippen LogP contribution in [-0.4, -0.2) is 36.8 Å². The van der Waals surface area contributed by atoms with Crippen LogP contribution >= 0.6 is 0 Å². The SMILES string of the molecule is COc1ccccc1-c1ncc(OCC2CCCNC2)cn1. The minimum absolute atomic E-state index is 0.572. The number of rotatable bonds is 5. The zero-order valence-electron chi connectivity index (χ0n) is 12.8. The van der Waals surface area contributed by atoms with Crippen molar-refractivity contribution in [2.45, 2.75) is 12.8 Å². The van der Waals surface area contributed by atoms with E-state index in [0.29, 0.717) is 24.1 Å². The van der Waals surface area contributed by atoms with Gasteiger partial charge in [0.15, 0.2) is 11.6 Å². The average molecular weight is 299 g/mol. The molecule has 1 saturated heterocycles. The number of nitrogens with zero attached hydrogens (tertiary/aromatic N) is 2. The Morgan fingerprint density at radius 2 is 2.05 bits per heavy atom. The molecule has 0 bridgehead atoms. The second kappa shape index (κ2) is 7.22. The van der Waals surface area contributed by atoms with E-state index < -0.39 is 0 Å². The van der Waals surface area contributed by atoms with Gasteiger partial charge in [-0.05, 0) is 31.5 Å². The minimum Gasteiger partial charge on any atom is -0.496 e. The van der Waals surface area contributed by atoms with Crippen molar-refractivity contribution in [3.8, 4) is 22.9 Å². The van der Waals surface area contributed by atoms with Crippen molar-refractivity contribution in [1.82, 2.24) is 15.3 Å². The van der Waals surface area contributed by atoms with Gasteiger partial charge in [0, 0.05) is 12.5 Å². The largest absolute Gasteiger partial charge is 0.496 e. The van der Waals surface area contributed by atoms with Crippen molar-refractivity contribution in [3.05, 3.63) is 36.7 Å². The summed E-state index contributed by atoms with van der Waals surface area (Å²) < 4.78 is 11.1. The zero-order valence-corrected chi connectivity index (χ0v) is 12.8. The van der Waals surface area contributed by atoms with E-state index in [1.54, 1.807) is 19.5 Å². The maximum atomic E-state index is 5.80. The van der Waals surface area contributed by atoms with Crippen molar-refractivity contribution in [2.75, 3.05) is 26.8 Å². The molecule has 1 atom stereocenters. The summed E-state index contributed by atoms with van der Waals surface area (Å²) in [5.74, 6) is 2.69. The van der Waals surface area contributed by atoms with Gasteiger partial charge >= 0.3 is 0 Å². The Balaban J connectivity index is 1.64. The fraction of sp³-hybridized carbons (Fsp3) is 0.412. The summed E-state index contributed by atoms with van der Waals surface area (Å²) in [6, 6.07) is 7.72. The number of hydrogen-bond acceptors (Lipinski definition) is 5. The molecule has 0 radical (unpaired) electrons. The molecule has 1 aromatic carbocycles. The molecule has 22 heavy (non-hydrogen) atoms. The Hall–Kier alpha value is -2.14. The lowest BCUT2D eigenvalue weighted by Gasteiger charge is -2.22. The number of para-hydroxylation sites is 1. The molecule has 116 valence electrons. The highest BCUT2D eigenvalue weighted by molar-refractivity contribution is 5.63. The first-order valence-electron chi connectivity index (χ1n) is 7.66. The fourth-order valence-electron chi connectivity index (χ4n) is 2.64. The second-order valence-electron chi connectivity index (χ2n) is 5.47. The van der Waals surface area contributed by atoms with Crippen LogP contribution in [0.1, 0.15) is 12.8 Å². The normalized spacial score (nSPS) is 18.0. The molecule has 1 N–H and O–H groups in total. The van der Waals surface area contributed by atoms with Crippen molar-refractivity contribution in [2.24, 2.45) is 5.92 Å². The number of aromatic nitrogens is 2. The third kappa shape index (κ3) is 3.54. The van der Waals surface area contributed by atoms with Gasteiger partial charge in [0.25, 0.3) is 0 Å². The number of ether oxygens (including phenoxy) is 2.